The Labute approximate surface area is 129 Å². The second-order valence-corrected chi connectivity index (χ2v) is 5.65. The van der Waals surface area contributed by atoms with Crippen molar-refractivity contribution in [2.45, 2.75) is 6.92 Å². The zero-order valence-corrected chi connectivity index (χ0v) is 12.9. The van der Waals surface area contributed by atoms with Gasteiger partial charge in [0.2, 0.25) is 0 Å². The molecule has 2 aromatic rings. The third-order valence-corrected chi connectivity index (χ3v) is 4.31. The minimum Gasteiger partial charge on any atom is -0.464 e. The molecule has 0 aliphatic rings. The monoisotopic (exact) mass is 329 g/mol. The Kier molecular flexibility index (Phi) is 4.42. The summed E-state index contributed by atoms with van der Waals surface area (Å²) in [5.41, 5.74) is 0.481. The fraction of sp³-hybridized carbons (Fsp3) is 0.154. The van der Waals surface area contributed by atoms with Crippen LogP contribution in [0.4, 0.5) is 0 Å². The Hall–Kier alpha value is -1.43. The number of esters is 1. The van der Waals surface area contributed by atoms with E-state index >= 15 is 0 Å². The predicted molar refractivity (Wildman–Crippen MR) is 78.9 cm³/mol. The van der Waals surface area contributed by atoms with Crippen LogP contribution in [-0.2, 0) is 4.74 Å². The van der Waals surface area contributed by atoms with E-state index in [0.717, 1.165) is 11.3 Å². The van der Waals surface area contributed by atoms with Crippen LogP contribution in [0.1, 0.15) is 27.1 Å². The summed E-state index contributed by atoms with van der Waals surface area (Å²) in [6.45, 7) is 1.36. The first-order valence-electron chi connectivity index (χ1n) is 5.50. The highest BCUT2D eigenvalue weighted by molar-refractivity contribution is 7.17. The first-order valence-corrected chi connectivity index (χ1v) is 7.07. The van der Waals surface area contributed by atoms with E-state index in [1.165, 1.54) is 14.0 Å². The molecule has 104 valence electrons. The van der Waals surface area contributed by atoms with E-state index in [0.29, 0.717) is 20.6 Å². The first-order chi connectivity index (χ1) is 9.45. The summed E-state index contributed by atoms with van der Waals surface area (Å²) in [7, 11) is 1.23. The SMILES string of the molecule is COC(=O)c1nc(-c2c(Cl)cccc2Cl)sc1C(C)=O. The number of halogens is 2. The number of nitrogens with zero attached hydrogens (tertiary/aromatic N) is 1. The lowest BCUT2D eigenvalue weighted by Gasteiger charge is -2.02. The topological polar surface area (TPSA) is 56.3 Å². The van der Waals surface area contributed by atoms with Crippen LogP contribution in [0.5, 0.6) is 0 Å². The molecule has 7 heteroatoms. The van der Waals surface area contributed by atoms with E-state index in [2.05, 4.69) is 9.72 Å². The van der Waals surface area contributed by atoms with E-state index in [1.54, 1.807) is 18.2 Å². The molecule has 0 radical (unpaired) electrons. The maximum atomic E-state index is 11.7. The lowest BCUT2D eigenvalue weighted by molar-refractivity contribution is 0.0591. The van der Waals surface area contributed by atoms with Crippen LogP contribution in [0.2, 0.25) is 10.0 Å². The van der Waals surface area contributed by atoms with Crippen LogP contribution in [0.25, 0.3) is 10.6 Å². The first kappa shape index (κ1) is 15.0. The number of hydrogen-bond donors (Lipinski definition) is 0. The molecular formula is C13H9Cl2NO3S. The van der Waals surface area contributed by atoms with Crippen molar-refractivity contribution >= 4 is 46.3 Å². The van der Waals surface area contributed by atoms with Crippen molar-refractivity contribution in [3.05, 3.63) is 38.8 Å². The fourth-order valence-electron chi connectivity index (χ4n) is 1.60. The summed E-state index contributed by atoms with van der Waals surface area (Å²) in [5.74, 6) is -0.932. The van der Waals surface area contributed by atoms with Gasteiger partial charge in [0, 0.05) is 12.5 Å². The molecule has 20 heavy (non-hydrogen) atoms. The summed E-state index contributed by atoms with van der Waals surface area (Å²) in [6, 6.07) is 5.03. The van der Waals surface area contributed by atoms with Crippen molar-refractivity contribution in [3.8, 4) is 10.6 Å². The minimum absolute atomic E-state index is 0.0176. The summed E-state index contributed by atoms with van der Waals surface area (Å²) in [5, 5.41) is 1.21. The number of carbonyl (C=O) groups excluding carboxylic acids is 2. The lowest BCUT2D eigenvalue weighted by Crippen LogP contribution is -2.06. The van der Waals surface area contributed by atoms with Gasteiger partial charge >= 0.3 is 5.97 Å². The highest BCUT2D eigenvalue weighted by Crippen LogP contribution is 2.38. The van der Waals surface area contributed by atoms with Crippen LogP contribution >= 0.6 is 34.5 Å². The third-order valence-electron chi connectivity index (χ3n) is 2.50. The van der Waals surface area contributed by atoms with Gasteiger partial charge in [-0.1, -0.05) is 29.3 Å². The molecule has 4 nitrogen and oxygen atoms in total. The van der Waals surface area contributed by atoms with Gasteiger partial charge in [-0.05, 0) is 12.1 Å². The summed E-state index contributed by atoms with van der Waals surface area (Å²) >= 11 is 13.3. The van der Waals surface area contributed by atoms with E-state index in [-0.39, 0.29) is 16.4 Å². The Balaban J connectivity index is 2.65. The molecular weight excluding hydrogens is 321 g/mol. The van der Waals surface area contributed by atoms with Crippen molar-refractivity contribution in [3.63, 3.8) is 0 Å². The highest BCUT2D eigenvalue weighted by Gasteiger charge is 2.24. The second kappa shape index (κ2) is 5.91. The Bertz CT molecular complexity index is 677. The zero-order valence-electron chi connectivity index (χ0n) is 10.6. The molecule has 0 amide bonds. The second-order valence-electron chi connectivity index (χ2n) is 3.84. The zero-order chi connectivity index (χ0) is 14.9. The number of benzene rings is 1. The Morgan fingerprint density at radius 1 is 1.25 bits per heavy atom. The largest absolute Gasteiger partial charge is 0.464 e. The Morgan fingerprint density at radius 2 is 1.85 bits per heavy atom. The number of ether oxygens (including phenoxy) is 1. The summed E-state index contributed by atoms with van der Waals surface area (Å²) in [4.78, 5) is 27.6. The van der Waals surface area contributed by atoms with Gasteiger partial charge in [0.15, 0.2) is 11.5 Å². The van der Waals surface area contributed by atoms with Crippen LogP contribution in [0, 0.1) is 0 Å². The smallest absolute Gasteiger partial charge is 0.358 e. The van der Waals surface area contributed by atoms with Crippen LogP contribution < -0.4 is 0 Å². The van der Waals surface area contributed by atoms with Gasteiger partial charge < -0.3 is 4.74 Å². The van der Waals surface area contributed by atoms with Gasteiger partial charge in [0.1, 0.15) is 9.88 Å². The lowest BCUT2D eigenvalue weighted by atomic mass is 10.2. The van der Waals surface area contributed by atoms with E-state index < -0.39 is 5.97 Å². The van der Waals surface area contributed by atoms with Crippen molar-refractivity contribution in [1.82, 2.24) is 4.98 Å². The molecule has 0 atom stereocenters. The number of Topliss-reactive ketones (excluding diaryl/α,β-unsaturated/α-hetero) is 1. The van der Waals surface area contributed by atoms with Gasteiger partial charge in [-0.15, -0.1) is 11.3 Å². The number of hydrogen-bond acceptors (Lipinski definition) is 5. The molecule has 0 N–H and O–H groups in total. The molecule has 0 aliphatic carbocycles. The molecule has 1 aromatic carbocycles. The number of thiazole rings is 1. The quantitative estimate of drug-likeness (QED) is 0.628. The average molecular weight is 330 g/mol. The van der Waals surface area contributed by atoms with E-state index in [9.17, 15) is 9.59 Å². The van der Waals surface area contributed by atoms with Crippen molar-refractivity contribution in [2.75, 3.05) is 7.11 Å². The fourth-order valence-corrected chi connectivity index (χ4v) is 3.31. The Morgan fingerprint density at radius 3 is 2.35 bits per heavy atom. The van der Waals surface area contributed by atoms with Gasteiger partial charge in [0.25, 0.3) is 0 Å². The standard InChI is InChI=1S/C13H9Cl2NO3S/c1-6(17)11-10(13(18)19-2)16-12(20-11)9-7(14)4-3-5-8(9)15/h3-5H,1-2H3. The number of methoxy groups -OCH3 is 1. The molecule has 0 fully saturated rings. The normalized spacial score (nSPS) is 10.4. The molecule has 0 aliphatic heterocycles. The third kappa shape index (κ3) is 2.70. The number of carbonyl (C=O) groups is 2. The molecule has 0 saturated heterocycles. The predicted octanol–water partition coefficient (Wildman–Crippen LogP) is 4.11. The van der Waals surface area contributed by atoms with Crippen molar-refractivity contribution in [2.24, 2.45) is 0 Å². The van der Waals surface area contributed by atoms with Crippen LogP contribution in [-0.4, -0.2) is 23.8 Å². The highest BCUT2D eigenvalue weighted by atomic mass is 35.5. The molecule has 0 unspecified atom stereocenters. The van der Waals surface area contributed by atoms with Crippen molar-refractivity contribution in [1.29, 1.82) is 0 Å². The number of aromatic nitrogens is 1. The van der Waals surface area contributed by atoms with E-state index in [1.807, 2.05) is 0 Å². The maximum Gasteiger partial charge on any atom is 0.358 e. The summed E-state index contributed by atoms with van der Waals surface area (Å²) in [6.07, 6.45) is 0. The number of rotatable bonds is 3. The molecule has 0 saturated carbocycles. The average Bonchev–Trinajstić information content (AvgIpc) is 2.82. The molecule has 2 rings (SSSR count). The van der Waals surface area contributed by atoms with Crippen LogP contribution in [0.3, 0.4) is 0 Å². The molecule has 1 aromatic heterocycles. The molecule has 0 bridgehead atoms. The number of ketones is 1. The van der Waals surface area contributed by atoms with Gasteiger partial charge in [0.05, 0.1) is 17.2 Å². The summed E-state index contributed by atoms with van der Waals surface area (Å²) < 4.78 is 4.62. The van der Waals surface area contributed by atoms with E-state index in [4.69, 9.17) is 23.2 Å². The maximum absolute atomic E-state index is 11.7. The van der Waals surface area contributed by atoms with Crippen molar-refractivity contribution < 1.29 is 14.3 Å². The van der Waals surface area contributed by atoms with Crippen LogP contribution in [0.15, 0.2) is 18.2 Å². The van der Waals surface area contributed by atoms with Gasteiger partial charge in [-0.3, -0.25) is 4.79 Å². The minimum atomic E-state index is -0.666. The molecule has 0 spiro atoms. The van der Waals surface area contributed by atoms with Gasteiger partial charge in [-0.25, -0.2) is 9.78 Å². The molecule has 1 heterocycles. The van der Waals surface area contributed by atoms with Gasteiger partial charge in [-0.2, -0.15) is 0 Å².